The summed E-state index contributed by atoms with van der Waals surface area (Å²) in [6, 6.07) is 7.68. The molecule has 8 heteroatoms. The van der Waals surface area contributed by atoms with Crippen molar-refractivity contribution < 1.29 is 4.79 Å². The molecule has 1 atom stereocenters. The zero-order valence-electron chi connectivity index (χ0n) is 15.3. The Morgan fingerprint density at radius 3 is 2.88 bits per heavy atom. The topological polar surface area (TPSA) is 84.7 Å². The Hall–Kier alpha value is -1.99. The zero-order chi connectivity index (χ0) is 17.6. The highest BCUT2D eigenvalue weighted by atomic mass is 35.5. The number of nitrogens with one attached hydrogen (secondary N) is 2. The van der Waals surface area contributed by atoms with Gasteiger partial charge in [-0.3, -0.25) is 4.79 Å². The predicted molar refractivity (Wildman–Crippen MR) is 104 cm³/mol. The van der Waals surface area contributed by atoms with Gasteiger partial charge in [-0.05, 0) is 67.3 Å². The zero-order valence-corrected chi connectivity index (χ0v) is 16.1. The number of aryl methyl sites for hydroxylation is 1. The minimum atomic E-state index is 0. The van der Waals surface area contributed by atoms with E-state index in [1.807, 2.05) is 31.2 Å². The van der Waals surface area contributed by atoms with Crippen LogP contribution in [-0.4, -0.2) is 39.2 Å². The van der Waals surface area contributed by atoms with E-state index in [0.717, 1.165) is 37.2 Å². The molecule has 1 saturated heterocycles. The van der Waals surface area contributed by atoms with Crippen LogP contribution in [0, 0.1) is 11.8 Å². The summed E-state index contributed by atoms with van der Waals surface area (Å²) in [5.74, 6) is 1.81. The second-order valence-corrected chi connectivity index (χ2v) is 6.72. The van der Waals surface area contributed by atoms with Crippen LogP contribution in [0.4, 0.5) is 5.69 Å². The Morgan fingerprint density at radius 2 is 2.15 bits per heavy atom. The van der Waals surface area contributed by atoms with E-state index in [2.05, 4.69) is 33.1 Å². The van der Waals surface area contributed by atoms with Crippen molar-refractivity contribution in [2.75, 3.05) is 18.4 Å². The number of nitrogens with zero attached hydrogens (tertiary/aromatic N) is 4. The van der Waals surface area contributed by atoms with Crippen LogP contribution in [0.1, 0.15) is 33.1 Å². The minimum absolute atomic E-state index is 0. The van der Waals surface area contributed by atoms with Crippen LogP contribution in [0.5, 0.6) is 0 Å². The summed E-state index contributed by atoms with van der Waals surface area (Å²) in [4.78, 5) is 12.4. The van der Waals surface area contributed by atoms with Crippen molar-refractivity contribution in [3.63, 3.8) is 0 Å². The number of anilines is 1. The van der Waals surface area contributed by atoms with Crippen molar-refractivity contribution in [1.29, 1.82) is 0 Å². The SMILES string of the molecule is CCn1nnnc1-c1cccc(NC(=O)CC(C)C2CCNCC2)c1.Cl. The van der Waals surface area contributed by atoms with E-state index >= 15 is 0 Å². The van der Waals surface area contributed by atoms with Gasteiger partial charge >= 0.3 is 0 Å². The summed E-state index contributed by atoms with van der Waals surface area (Å²) in [6.07, 6.45) is 2.87. The van der Waals surface area contributed by atoms with Crippen LogP contribution in [0.15, 0.2) is 24.3 Å². The first-order valence-electron chi connectivity index (χ1n) is 9.04. The third-order valence-corrected chi connectivity index (χ3v) is 4.93. The van der Waals surface area contributed by atoms with Crippen LogP contribution in [-0.2, 0) is 11.3 Å². The average Bonchev–Trinajstić information content (AvgIpc) is 3.11. The van der Waals surface area contributed by atoms with Crippen molar-refractivity contribution in [3.8, 4) is 11.4 Å². The Morgan fingerprint density at radius 1 is 1.38 bits per heavy atom. The van der Waals surface area contributed by atoms with Gasteiger partial charge in [0.15, 0.2) is 5.82 Å². The maximum Gasteiger partial charge on any atom is 0.224 e. The molecule has 1 unspecified atom stereocenters. The van der Waals surface area contributed by atoms with Crippen molar-refractivity contribution >= 4 is 24.0 Å². The molecule has 2 N–H and O–H groups in total. The molecule has 7 nitrogen and oxygen atoms in total. The lowest BCUT2D eigenvalue weighted by atomic mass is 9.84. The number of carbonyl (C=O) groups is 1. The number of carbonyl (C=O) groups excluding carboxylic acids is 1. The maximum absolute atomic E-state index is 12.4. The van der Waals surface area contributed by atoms with Crippen molar-refractivity contribution in [2.45, 2.75) is 39.7 Å². The molecule has 1 aliphatic heterocycles. The smallest absolute Gasteiger partial charge is 0.224 e. The van der Waals surface area contributed by atoms with Gasteiger partial charge in [0.05, 0.1) is 0 Å². The molecule has 0 aliphatic carbocycles. The number of tetrazole rings is 1. The van der Waals surface area contributed by atoms with Gasteiger partial charge in [-0.2, -0.15) is 0 Å². The molecule has 2 heterocycles. The van der Waals surface area contributed by atoms with E-state index < -0.39 is 0 Å². The quantitative estimate of drug-likeness (QED) is 0.807. The first-order chi connectivity index (χ1) is 12.2. The van der Waals surface area contributed by atoms with Crippen molar-refractivity contribution in [1.82, 2.24) is 25.5 Å². The fraction of sp³-hybridized carbons (Fsp3) is 0.556. The van der Waals surface area contributed by atoms with Crippen LogP contribution >= 0.6 is 12.4 Å². The number of amides is 1. The van der Waals surface area contributed by atoms with E-state index in [4.69, 9.17) is 0 Å². The van der Waals surface area contributed by atoms with E-state index in [1.54, 1.807) is 4.68 Å². The molecule has 26 heavy (non-hydrogen) atoms. The third kappa shape index (κ3) is 5.02. The van der Waals surface area contributed by atoms with Gasteiger partial charge in [-0.15, -0.1) is 17.5 Å². The highest BCUT2D eigenvalue weighted by molar-refractivity contribution is 5.91. The number of piperidine rings is 1. The largest absolute Gasteiger partial charge is 0.326 e. The van der Waals surface area contributed by atoms with Crippen LogP contribution < -0.4 is 10.6 Å². The first kappa shape index (κ1) is 20.3. The molecule has 3 rings (SSSR count). The summed E-state index contributed by atoms with van der Waals surface area (Å²) in [5.41, 5.74) is 1.68. The fourth-order valence-electron chi connectivity index (χ4n) is 3.44. The Labute approximate surface area is 160 Å². The number of benzene rings is 1. The molecule has 1 aromatic carbocycles. The van der Waals surface area contributed by atoms with Gasteiger partial charge in [-0.25, -0.2) is 4.68 Å². The molecule has 1 amide bonds. The van der Waals surface area contributed by atoms with Gasteiger partial charge in [0.1, 0.15) is 0 Å². The van der Waals surface area contributed by atoms with E-state index in [1.165, 1.54) is 0 Å². The van der Waals surface area contributed by atoms with E-state index in [-0.39, 0.29) is 18.3 Å². The molecule has 0 saturated carbocycles. The molecule has 1 fully saturated rings. The van der Waals surface area contributed by atoms with E-state index in [0.29, 0.717) is 30.6 Å². The standard InChI is InChI=1S/C18H26N6O.ClH/c1-3-24-18(21-22-23-24)15-5-4-6-16(12-15)20-17(25)11-13(2)14-7-9-19-10-8-14;/h4-6,12-14,19H,3,7-11H2,1-2H3,(H,20,25);1H. The number of aromatic nitrogens is 4. The van der Waals surface area contributed by atoms with Gasteiger partial charge < -0.3 is 10.6 Å². The first-order valence-corrected chi connectivity index (χ1v) is 9.04. The van der Waals surface area contributed by atoms with Gasteiger partial charge in [0.25, 0.3) is 0 Å². The molecule has 2 aromatic rings. The maximum atomic E-state index is 12.4. The highest BCUT2D eigenvalue weighted by Gasteiger charge is 2.22. The lowest BCUT2D eigenvalue weighted by molar-refractivity contribution is -0.117. The summed E-state index contributed by atoms with van der Waals surface area (Å²) < 4.78 is 1.74. The molecular weight excluding hydrogens is 352 g/mol. The molecule has 0 bridgehead atoms. The minimum Gasteiger partial charge on any atom is -0.326 e. The lowest BCUT2D eigenvalue weighted by Gasteiger charge is -2.27. The summed E-state index contributed by atoms with van der Waals surface area (Å²) in [7, 11) is 0. The number of hydrogen-bond acceptors (Lipinski definition) is 5. The normalized spacial score (nSPS) is 15.9. The molecule has 0 spiro atoms. The monoisotopic (exact) mass is 378 g/mol. The lowest BCUT2D eigenvalue weighted by Crippen LogP contribution is -2.32. The Bertz CT molecular complexity index is 713. The molecule has 142 valence electrons. The van der Waals surface area contributed by atoms with Gasteiger partial charge in [0.2, 0.25) is 5.91 Å². The summed E-state index contributed by atoms with van der Waals surface area (Å²) in [5, 5.41) is 18.1. The summed E-state index contributed by atoms with van der Waals surface area (Å²) in [6.45, 7) is 7.00. The number of hydrogen-bond donors (Lipinski definition) is 2. The van der Waals surface area contributed by atoms with Crippen LogP contribution in [0.2, 0.25) is 0 Å². The van der Waals surface area contributed by atoms with Crippen LogP contribution in [0.3, 0.4) is 0 Å². The van der Waals surface area contributed by atoms with Gasteiger partial charge in [-0.1, -0.05) is 19.1 Å². The molecule has 1 aromatic heterocycles. The molecular formula is C18H27ClN6O. The average molecular weight is 379 g/mol. The number of rotatable bonds is 6. The Kier molecular flexibility index (Phi) is 7.53. The fourth-order valence-corrected chi connectivity index (χ4v) is 3.44. The highest BCUT2D eigenvalue weighted by Crippen LogP contribution is 2.25. The van der Waals surface area contributed by atoms with E-state index in [9.17, 15) is 4.79 Å². The van der Waals surface area contributed by atoms with Gasteiger partial charge in [0, 0.05) is 24.2 Å². The summed E-state index contributed by atoms with van der Waals surface area (Å²) >= 11 is 0. The number of halogens is 1. The predicted octanol–water partition coefficient (Wildman–Crippen LogP) is 2.75. The molecule has 0 radical (unpaired) electrons. The van der Waals surface area contributed by atoms with Crippen LogP contribution in [0.25, 0.3) is 11.4 Å². The van der Waals surface area contributed by atoms with Crippen molar-refractivity contribution in [2.24, 2.45) is 11.8 Å². The second-order valence-electron chi connectivity index (χ2n) is 6.72. The Balaban J connectivity index is 0.00000243. The molecule has 1 aliphatic rings. The second kappa shape index (κ2) is 9.64. The third-order valence-electron chi connectivity index (χ3n) is 4.93. The van der Waals surface area contributed by atoms with Crippen molar-refractivity contribution in [3.05, 3.63) is 24.3 Å².